The number of rotatable bonds is 2. The Labute approximate surface area is 101 Å². The molecule has 1 unspecified atom stereocenters. The highest BCUT2D eigenvalue weighted by atomic mass is 79.9. The van der Waals surface area contributed by atoms with E-state index in [-0.39, 0.29) is 17.0 Å². The van der Waals surface area contributed by atoms with Crippen molar-refractivity contribution >= 4 is 15.9 Å². The molecule has 0 saturated carbocycles. The van der Waals surface area contributed by atoms with E-state index in [0.717, 1.165) is 0 Å². The Hall–Kier alpha value is -0.810. The van der Waals surface area contributed by atoms with Gasteiger partial charge in [0, 0.05) is 12.5 Å². The molecule has 0 aromatic heterocycles. The molecule has 1 atom stereocenters. The van der Waals surface area contributed by atoms with Crippen LogP contribution in [0.5, 0.6) is 11.5 Å². The largest absolute Gasteiger partial charge is 0.486 e. The molecule has 3 nitrogen and oxygen atoms in total. The third kappa shape index (κ3) is 1.89. The maximum absolute atomic E-state index is 13.9. The van der Waals surface area contributed by atoms with Gasteiger partial charge in [-0.1, -0.05) is 6.92 Å². The molecule has 1 heterocycles. The van der Waals surface area contributed by atoms with E-state index in [2.05, 4.69) is 15.9 Å². The van der Waals surface area contributed by atoms with Crippen molar-refractivity contribution in [3.63, 3.8) is 0 Å². The molecule has 1 N–H and O–H groups in total. The summed E-state index contributed by atoms with van der Waals surface area (Å²) in [6, 6.07) is 1.59. The summed E-state index contributed by atoms with van der Waals surface area (Å²) in [4.78, 5) is 0. The van der Waals surface area contributed by atoms with Gasteiger partial charge in [-0.2, -0.15) is 0 Å². The molecule has 1 aliphatic rings. The molecule has 1 aliphatic heterocycles. The summed E-state index contributed by atoms with van der Waals surface area (Å²) < 4.78 is 24.9. The van der Waals surface area contributed by atoms with Gasteiger partial charge in [0.25, 0.3) is 0 Å². The first kappa shape index (κ1) is 11.7. The van der Waals surface area contributed by atoms with Crippen LogP contribution in [0.2, 0.25) is 0 Å². The molecule has 0 aliphatic carbocycles. The molecule has 2 rings (SSSR count). The molecule has 0 fully saturated rings. The number of ether oxygens (including phenoxy) is 2. The summed E-state index contributed by atoms with van der Waals surface area (Å²) in [5.41, 5.74) is 0.429. The van der Waals surface area contributed by atoms with E-state index in [4.69, 9.17) is 14.6 Å². The summed E-state index contributed by atoms with van der Waals surface area (Å²) >= 11 is 3.15. The van der Waals surface area contributed by atoms with E-state index >= 15 is 0 Å². The maximum atomic E-state index is 13.9. The zero-order valence-corrected chi connectivity index (χ0v) is 10.4. The lowest BCUT2D eigenvalue weighted by molar-refractivity contribution is 0.168. The maximum Gasteiger partial charge on any atom is 0.178 e. The van der Waals surface area contributed by atoms with Crippen LogP contribution in [0, 0.1) is 5.82 Å². The van der Waals surface area contributed by atoms with Gasteiger partial charge in [-0.15, -0.1) is 0 Å². The van der Waals surface area contributed by atoms with E-state index in [1.807, 2.05) is 0 Å². The Morgan fingerprint density at radius 1 is 1.50 bits per heavy atom. The van der Waals surface area contributed by atoms with E-state index in [1.54, 1.807) is 13.0 Å². The van der Waals surface area contributed by atoms with E-state index in [9.17, 15) is 4.39 Å². The number of halogens is 2. The number of aliphatic hydroxyl groups is 1. The molecule has 1 aromatic rings. The van der Waals surface area contributed by atoms with Crippen molar-refractivity contribution in [2.45, 2.75) is 12.8 Å². The standard InChI is InChI=1S/C11H12BrFO3/c1-6(5-14)7-4-8-11(9(12)10(7)13)16-3-2-15-8/h4,6,14H,2-3,5H2,1H3. The van der Waals surface area contributed by atoms with Crippen LogP contribution >= 0.6 is 15.9 Å². The number of aliphatic hydroxyl groups excluding tert-OH is 1. The molecular formula is C11H12BrFO3. The number of hydrogen-bond donors (Lipinski definition) is 1. The third-order valence-corrected chi connectivity index (χ3v) is 3.26. The zero-order valence-electron chi connectivity index (χ0n) is 8.80. The average molecular weight is 291 g/mol. The van der Waals surface area contributed by atoms with Crippen LogP contribution in [0.25, 0.3) is 0 Å². The van der Waals surface area contributed by atoms with Crippen molar-refractivity contribution in [2.24, 2.45) is 0 Å². The van der Waals surface area contributed by atoms with Crippen LogP contribution in [0.15, 0.2) is 10.5 Å². The minimum Gasteiger partial charge on any atom is -0.486 e. The van der Waals surface area contributed by atoms with Crippen LogP contribution in [0.3, 0.4) is 0 Å². The van der Waals surface area contributed by atoms with Gasteiger partial charge in [0.1, 0.15) is 19.0 Å². The minimum atomic E-state index is -0.397. The number of fused-ring (bicyclic) bond motifs is 1. The van der Waals surface area contributed by atoms with Gasteiger partial charge in [0.05, 0.1) is 4.47 Å². The Morgan fingerprint density at radius 3 is 2.88 bits per heavy atom. The summed E-state index contributed by atoms with van der Waals surface area (Å²) in [6.45, 7) is 2.52. The summed E-state index contributed by atoms with van der Waals surface area (Å²) in [5, 5.41) is 9.05. The highest BCUT2D eigenvalue weighted by Crippen LogP contribution is 2.42. The van der Waals surface area contributed by atoms with Gasteiger partial charge < -0.3 is 14.6 Å². The van der Waals surface area contributed by atoms with Crippen LogP contribution in [0.4, 0.5) is 4.39 Å². The van der Waals surface area contributed by atoms with Gasteiger partial charge in [-0.25, -0.2) is 4.39 Å². The Bertz CT molecular complexity index is 409. The minimum absolute atomic E-state index is 0.108. The highest BCUT2D eigenvalue weighted by Gasteiger charge is 2.23. The van der Waals surface area contributed by atoms with Crippen molar-refractivity contribution in [1.82, 2.24) is 0 Å². The Balaban J connectivity index is 2.52. The van der Waals surface area contributed by atoms with Crippen molar-refractivity contribution in [3.8, 4) is 11.5 Å². The summed E-state index contributed by atoms with van der Waals surface area (Å²) in [5.74, 6) is 0.255. The second-order valence-corrected chi connectivity index (χ2v) is 4.49. The van der Waals surface area contributed by atoms with Crippen molar-refractivity contribution in [3.05, 3.63) is 21.9 Å². The first-order chi connectivity index (χ1) is 7.65. The predicted octanol–water partition coefficient (Wildman–Crippen LogP) is 2.46. The van der Waals surface area contributed by atoms with Gasteiger partial charge in [-0.3, -0.25) is 0 Å². The van der Waals surface area contributed by atoms with Crippen LogP contribution in [-0.4, -0.2) is 24.9 Å². The van der Waals surface area contributed by atoms with Gasteiger partial charge >= 0.3 is 0 Å². The molecule has 0 bridgehead atoms. The highest BCUT2D eigenvalue weighted by molar-refractivity contribution is 9.10. The lowest BCUT2D eigenvalue weighted by Gasteiger charge is -2.22. The molecule has 5 heteroatoms. The third-order valence-electron chi connectivity index (χ3n) is 2.55. The SMILES string of the molecule is CC(CO)c1cc2c(c(Br)c1F)OCCO2. The van der Waals surface area contributed by atoms with E-state index in [0.29, 0.717) is 30.3 Å². The normalized spacial score (nSPS) is 16.0. The van der Waals surface area contributed by atoms with Crippen molar-refractivity contribution in [2.75, 3.05) is 19.8 Å². The lowest BCUT2D eigenvalue weighted by atomic mass is 10.0. The first-order valence-electron chi connectivity index (χ1n) is 5.03. The quantitative estimate of drug-likeness (QED) is 0.909. The number of benzene rings is 1. The smallest absolute Gasteiger partial charge is 0.178 e. The van der Waals surface area contributed by atoms with Crippen molar-refractivity contribution < 1.29 is 19.0 Å². The molecule has 16 heavy (non-hydrogen) atoms. The fourth-order valence-electron chi connectivity index (χ4n) is 1.60. The van der Waals surface area contributed by atoms with Crippen LogP contribution in [-0.2, 0) is 0 Å². The number of hydrogen-bond acceptors (Lipinski definition) is 3. The molecule has 0 radical (unpaired) electrons. The second-order valence-electron chi connectivity index (χ2n) is 3.70. The first-order valence-corrected chi connectivity index (χ1v) is 5.82. The topological polar surface area (TPSA) is 38.7 Å². The molecule has 0 saturated heterocycles. The fourth-order valence-corrected chi connectivity index (χ4v) is 2.14. The summed E-state index contributed by atoms with van der Waals surface area (Å²) in [6.07, 6.45) is 0. The molecular weight excluding hydrogens is 279 g/mol. The summed E-state index contributed by atoms with van der Waals surface area (Å²) in [7, 11) is 0. The Morgan fingerprint density at radius 2 is 2.19 bits per heavy atom. The van der Waals surface area contributed by atoms with E-state index < -0.39 is 5.82 Å². The van der Waals surface area contributed by atoms with Crippen LogP contribution in [0.1, 0.15) is 18.4 Å². The predicted molar refractivity (Wildman–Crippen MR) is 60.6 cm³/mol. The van der Waals surface area contributed by atoms with Crippen molar-refractivity contribution in [1.29, 1.82) is 0 Å². The second kappa shape index (κ2) is 4.59. The lowest BCUT2D eigenvalue weighted by Crippen LogP contribution is -2.17. The van der Waals surface area contributed by atoms with Gasteiger partial charge in [-0.05, 0) is 27.6 Å². The van der Waals surface area contributed by atoms with Gasteiger partial charge in [0.15, 0.2) is 11.5 Å². The van der Waals surface area contributed by atoms with Crippen LogP contribution < -0.4 is 9.47 Å². The zero-order chi connectivity index (χ0) is 11.7. The monoisotopic (exact) mass is 290 g/mol. The average Bonchev–Trinajstić information content (AvgIpc) is 2.33. The molecule has 0 amide bonds. The Kier molecular flexibility index (Phi) is 3.35. The van der Waals surface area contributed by atoms with Gasteiger partial charge in [0.2, 0.25) is 0 Å². The molecule has 88 valence electrons. The molecule has 1 aromatic carbocycles. The molecule has 0 spiro atoms. The fraction of sp³-hybridized carbons (Fsp3) is 0.455. The van der Waals surface area contributed by atoms with E-state index in [1.165, 1.54) is 0 Å².